The van der Waals surface area contributed by atoms with Gasteiger partial charge >= 0.3 is 0 Å². The Hall–Kier alpha value is -1.40. The predicted molar refractivity (Wildman–Crippen MR) is 124 cm³/mol. The van der Waals surface area contributed by atoms with Gasteiger partial charge in [-0.1, -0.05) is 59.5 Å². The fourth-order valence-electron chi connectivity index (χ4n) is 3.26. The summed E-state index contributed by atoms with van der Waals surface area (Å²) in [7, 11) is 2.11. The normalized spacial score (nSPS) is 18.7. The first-order chi connectivity index (χ1) is 13.0. The van der Waals surface area contributed by atoms with Gasteiger partial charge in [-0.3, -0.25) is 0 Å². The third-order valence-corrected chi connectivity index (χ3v) is 7.80. The minimum Gasteiger partial charge on any atom is -0.338 e. The molecule has 0 saturated carbocycles. The second-order valence-corrected chi connectivity index (χ2v) is 9.33. The summed E-state index contributed by atoms with van der Waals surface area (Å²) in [6, 6.07) is 14.5. The van der Waals surface area contributed by atoms with Crippen molar-refractivity contribution in [3.05, 3.63) is 69.2 Å². The van der Waals surface area contributed by atoms with E-state index in [2.05, 4.69) is 67.1 Å². The van der Waals surface area contributed by atoms with Gasteiger partial charge in [0.2, 0.25) is 0 Å². The highest BCUT2D eigenvalue weighted by Crippen LogP contribution is 2.48. The maximum Gasteiger partial charge on any atom is 0.0843 e. The van der Waals surface area contributed by atoms with Crippen LogP contribution in [0.1, 0.15) is 13.8 Å². The number of hydrogen-bond donors (Lipinski definition) is 0. The van der Waals surface area contributed by atoms with E-state index >= 15 is 0 Å². The van der Waals surface area contributed by atoms with Crippen LogP contribution in [0.5, 0.6) is 0 Å². The van der Waals surface area contributed by atoms with E-state index in [1.807, 2.05) is 12.1 Å². The van der Waals surface area contributed by atoms with E-state index in [1.54, 1.807) is 23.5 Å². The van der Waals surface area contributed by atoms with Crippen LogP contribution in [0.2, 0.25) is 5.02 Å². The molecule has 0 unspecified atom stereocenters. The van der Waals surface area contributed by atoms with Crippen molar-refractivity contribution in [2.45, 2.75) is 23.6 Å². The molecule has 2 aliphatic rings. The van der Waals surface area contributed by atoms with Gasteiger partial charge in [0.15, 0.2) is 0 Å². The highest BCUT2D eigenvalue weighted by molar-refractivity contribution is 8.04. The smallest absolute Gasteiger partial charge is 0.0843 e. The van der Waals surface area contributed by atoms with Gasteiger partial charge in [0.25, 0.3) is 0 Å². The van der Waals surface area contributed by atoms with Crippen molar-refractivity contribution < 1.29 is 0 Å². The Morgan fingerprint density at radius 1 is 1.11 bits per heavy atom. The zero-order valence-corrected chi connectivity index (χ0v) is 18.5. The molecule has 27 heavy (non-hydrogen) atoms. The van der Waals surface area contributed by atoms with Gasteiger partial charge in [-0.05, 0) is 55.8 Å². The fraction of sp³-hybridized carbons (Fsp3) is 0.190. The van der Waals surface area contributed by atoms with Gasteiger partial charge in [-0.2, -0.15) is 0 Å². The average Bonchev–Trinajstić information content (AvgIpc) is 3.18. The molecule has 0 spiro atoms. The van der Waals surface area contributed by atoms with Crippen molar-refractivity contribution in [1.29, 1.82) is 0 Å². The number of hydrogen-bond acceptors (Lipinski definition) is 5. The summed E-state index contributed by atoms with van der Waals surface area (Å²) < 4.78 is 0. The number of halogens is 1. The molecule has 0 atom stereocenters. The minimum atomic E-state index is 0.761. The Morgan fingerprint density at radius 3 is 2.59 bits per heavy atom. The summed E-state index contributed by atoms with van der Waals surface area (Å²) >= 11 is 15.5. The summed E-state index contributed by atoms with van der Waals surface area (Å²) in [6.07, 6.45) is 2.12. The molecular weight excluding hydrogens is 412 g/mol. The summed E-state index contributed by atoms with van der Waals surface area (Å²) in [5, 5.41) is 3.12. The number of para-hydroxylation sites is 1. The van der Waals surface area contributed by atoms with E-state index < -0.39 is 0 Å². The number of allylic oxidation sites excluding steroid dienone is 2. The van der Waals surface area contributed by atoms with Crippen LogP contribution in [0.3, 0.4) is 0 Å². The van der Waals surface area contributed by atoms with E-state index in [1.165, 1.54) is 20.5 Å². The molecule has 2 aromatic rings. The van der Waals surface area contributed by atoms with Crippen LogP contribution in [0.4, 0.5) is 11.4 Å². The van der Waals surface area contributed by atoms with Gasteiger partial charge in [0.05, 0.1) is 21.4 Å². The number of thiocarbonyl (C=S) groups is 1. The van der Waals surface area contributed by atoms with Crippen molar-refractivity contribution in [2.24, 2.45) is 0 Å². The largest absolute Gasteiger partial charge is 0.338 e. The van der Waals surface area contributed by atoms with Gasteiger partial charge in [0, 0.05) is 33.3 Å². The quantitative estimate of drug-likeness (QED) is 0.382. The average molecular weight is 431 g/mol. The lowest BCUT2D eigenvalue weighted by molar-refractivity contribution is 1.00. The maximum atomic E-state index is 6.20. The Morgan fingerprint density at radius 2 is 1.85 bits per heavy atom. The third-order valence-electron chi connectivity index (χ3n) is 4.69. The fourth-order valence-corrected chi connectivity index (χ4v) is 6.09. The topological polar surface area (TPSA) is 6.48 Å². The minimum absolute atomic E-state index is 0.761. The molecule has 0 saturated heterocycles. The van der Waals surface area contributed by atoms with Crippen LogP contribution < -0.4 is 9.80 Å². The van der Waals surface area contributed by atoms with Crippen LogP contribution in [0, 0.1) is 0 Å². The van der Waals surface area contributed by atoms with Crippen molar-refractivity contribution in [2.75, 3.05) is 23.4 Å². The summed E-state index contributed by atoms with van der Waals surface area (Å²) in [5.41, 5.74) is 3.53. The van der Waals surface area contributed by atoms with Crippen molar-refractivity contribution in [3.63, 3.8) is 0 Å². The highest BCUT2D eigenvalue weighted by atomic mass is 35.5. The van der Waals surface area contributed by atoms with E-state index in [0.29, 0.717) is 0 Å². The van der Waals surface area contributed by atoms with Gasteiger partial charge in [0.1, 0.15) is 0 Å². The molecule has 0 bridgehead atoms. The lowest BCUT2D eigenvalue weighted by Crippen LogP contribution is -2.18. The first-order valence-corrected chi connectivity index (χ1v) is 11.1. The highest BCUT2D eigenvalue weighted by Gasteiger charge is 2.27. The van der Waals surface area contributed by atoms with Crippen LogP contribution >= 0.6 is 47.3 Å². The van der Waals surface area contributed by atoms with Gasteiger partial charge < -0.3 is 9.80 Å². The van der Waals surface area contributed by atoms with Crippen molar-refractivity contribution in [3.8, 4) is 0 Å². The standard InChI is InChI=1S/C21H19ClN2S3/c1-4-24-16-11-14(22)9-10-19(16)26-20(24)12-17(25)13(2)21-23(3)15-7-5-6-8-18(15)27-21/h5-12H,4H2,1-3H3. The summed E-state index contributed by atoms with van der Waals surface area (Å²) in [6.45, 7) is 5.14. The number of benzene rings is 2. The molecule has 0 aromatic heterocycles. The molecule has 0 fully saturated rings. The number of thioether (sulfide) groups is 2. The molecule has 0 amide bonds. The SMILES string of the molecule is CCN1C(=CC(=S)C(C)=C2Sc3ccccc3N2C)Sc2ccc(Cl)cc21. The second kappa shape index (κ2) is 7.55. The van der Waals surface area contributed by atoms with Crippen LogP contribution in [-0.2, 0) is 0 Å². The Kier molecular flexibility index (Phi) is 5.30. The Labute approximate surface area is 179 Å². The van der Waals surface area contributed by atoms with Crippen molar-refractivity contribution >= 4 is 63.6 Å². The number of anilines is 2. The molecule has 2 aliphatic heterocycles. The van der Waals surface area contributed by atoms with E-state index in [-0.39, 0.29) is 0 Å². The Balaban J connectivity index is 1.64. The molecule has 2 nitrogen and oxygen atoms in total. The molecule has 138 valence electrons. The van der Waals surface area contributed by atoms with Gasteiger partial charge in [-0.15, -0.1) is 0 Å². The molecule has 2 heterocycles. The zero-order chi connectivity index (χ0) is 19.1. The lowest BCUT2D eigenvalue weighted by atomic mass is 10.2. The first-order valence-electron chi connectivity index (χ1n) is 8.72. The van der Waals surface area contributed by atoms with Crippen LogP contribution in [0.25, 0.3) is 0 Å². The molecule has 6 heteroatoms. The zero-order valence-electron chi connectivity index (χ0n) is 15.3. The number of fused-ring (bicyclic) bond motifs is 2. The van der Waals surface area contributed by atoms with E-state index in [0.717, 1.165) is 32.7 Å². The summed E-state index contributed by atoms with van der Waals surface area (Å²) in [4.78, 5) is 7.87. The first kappa shape index (κ1) is 18.9. The molecule has 4 rings (SSSR count). The predicted octanol–water partition coefficient (Wildman–Crippen LogP) is 6.96. The molecule has 2 aromatic carbocycles. The maximum absolute atomic E-state index is 6.20. The van der Waals surface area contributed by atoms with Crippen molar-refractivity contribution in [1.82, 2.24) is 0 Å². The second-order valence-electron chi connectivity index (χ2n) is 6.36. The van der Waals surface area contributed by atoms with Gasteiger partial charge in [-0.25, -0.2) is 0 Å². The summed E-state index contributed by atoms with van der Waals surface area (Å²) in [5.74, 6) is 0. The molecule has 0 aliphatic carbocycles. The number of nitrogens with zero attached hydrogens (tertiary/aromatic N) is 2. The molecule has 0 N–H and O–H groups in total. The van der Waals surface area contributed by atoms with E-state index in [9.17, 15) is 0 Å². The Bertz CT molecular complexity index is 997. The lowest BCUT2D eigenvalue weighted by Gasteiger charge is -2.19. The molecule has 0 radical (unpaired) electrons. The third kappa shape index (κ3) is 3.42. The monoisotopic (exact) mass is 430 g/mol. The van der Waals surface area contributed by atoms with Crippen LogP contribution in [-0.4, -0.2) is 18.5 Å². The number of rotatable bonds is 3. The van der Waals surface area contributed by atoms with Crippen LogP contribution in [0.15, 0.2) is 74.0 Å². The molecular formula is C21H19ClN2S3. The van der Waals surface area contributed by atoms with E-state index in [4.69, 9.17) is 23.8 Å².